The SMILES string of the molecule is O=C1CC2(CCCCC2)Nc2ccc(Br)cc2N1. The summed E-state index contributed by atoms with van der Waals surface area (Å²) in [5, 5.41) is 6.63. The van der Waals surface area contributed by atoms with Gasteiger partial charge in [0.1, 0.15) is 0 Å². The van der Waals surface area contributed by atoms with E-state index in [9.17, 15) is 4.79 Å². The summed E-state index contributed by atoms with van der Waals surface area (Å²) >= 11 is 3.44. The normalized spacial score (nSPS) is 21.7. The molecule has 96 valence electrons. The van der Waals surface area contributed by atoms with Crippen molar-refractivity contribution < 1.29 is 4.79 Å². The third-order valence-corrected chi connectivity index (χ3v) is 4.46. The number of anilines is 2. The van der Waals surface area contributed by atoms with Crippen LogP contribution < -0.4 is 10.6 Å². The van der Waals surface area contributed by atoms with E-state index >= 15 is 0 Å². The summed E-state index contributed by atoms with van der Waals surface area (Å²) in [6, 6.07) is 6.02. The van der Waals surface area contributed by atoms with Gasteiger partial charge in [0, 0.05) is 16.4 Å². The number of nitrogens with one attached hydrogen (secondary N) is 2. The van der Waals surface area contributed by atoms with Gasteiger partial charge < -0.3 is 10.6 Å². The maximum absolute atomic E-state index is 12.1. The van der Waals surface area contributed by atoms with E-state index in [1.54, 1.807) is 0 Å². The van der Waals surface area contributed by atoms with Crippen molar-refractivity contribution >= 4 is 33.2 Å². The summed E-state index contributed by atoms with van der Waals surface area (Å²) in [6.07, 6.45) is 6.49. The van der Waals surface area contributed by atoms with Crippen molar-refractivity contribution in [3.63, 3.8) is 0 Å². The molecule has 3 nitrogen and oxygen atoms in total. The van der Waals surface area contributed by atoms with Crippen LogP contribution in [0.1, 0.15) is 38.5 Å². The topological polar surface area (TPSA) is 41.1 Å². The Labute approximate surface area is 115 Å². The number of rotatable bonds is 0. The minimum Gasteiger partial charge on any atom is -0.377 e. The molecule has 3 rings (SSSR count). The van der Waals surface area contributed by atoms with E-state index < -0.39 is 0 Å². The molecule has 1 fully saturated rings. The van der Waals surface area contributed by atoms with Crippen LogP contribution in [0.15, 0.2) is 22.7 Å². The largest absolute Gasteiger partial charge is 0.377 e. The number of benzene rings is 1. The predicted molar refractivity (Wildman–Crippen MR) is 76.8 cm³/mol. The number of hydrogen-bond acceptors (Lipinski definition) is 2. The van der Waals surface area contributed by atoms with Gasteiger partial charge in [0.15, 0.2) is 0 Å². The third kappa shape index (κ3) is 2.26. The number of fused-ring (bicyclic) bond motifs is 1. The molecule has 1 aromatic rings. The smallest absolute Gasteiger partial charge is 0.226 e. The molecule has 1 aromatic carbocycles. The van der Waals surface area contributed by atoms with Crippen LogP contribution in [0.5, 0.6) is 0 Å². The van der Waals surface area contributed by atoms with Gasteiger partial charge in [0.2, 0.25) is 5.91 Å². The quantitative estimate of drug-likeness (QED) is 0.763. The summed E-state index contributed by atoms with van der Waals surface area (Å²) < 4.78 is 0.989. The minimum absolute atomic E-state index is 0.0264. The molecule has 2 aliphatic rings. The van der Waals surface area contributed by atoms with Crippen molar-refractivity contribution in [2.24, 2.45) is 0 Å². The Bertz CT molecular complexity index is 481. The lowest BCUT2D eigenvalue weighted by Crippen LogP contribution is -2.41. The van der Waals surface area contributed by atoms with Crippen LogP contribution in [-0.4, -0.2) is 11.4 Å². The van der Waals surface area contributed by atoms with Crippen LogP contribution in [-0.2, 0) is 4.79 Å². The van der Waals surface area contributed by atoms with Crippen LogP contribution in [0.4, 0.5) is 11.4 Å². The highest BCUT2D eigenvalue weighted by Gasteiger charge is 2.36. The molecule has 1 amide bonds. The zero-order valence-corrected chi connectivity index (χ0v) is 11.8. The van der Waals surface area contributed by atoms with Crippen molar-refractivity contribution in [1.82, 2.24) is 0 Å². The second-order valence-electron chi connectivity index (χ2n) is 5.38. The Morgan fingerprint density at radius 2 is 1.89 bits per heavy atom. The lowest BCUT2D eigenvalue weighted by atomic mass is 9.79. The lowest BCUT2D eigenvalue weighted by Gasteiger charge is -2.37. The molecular formula is C14H17BrN2O. The van der Waals surface area contributed by atoms with E-state index in [0.717, 1.165) is 28.7 Å². The Morgan fingerprint density at radius 1 is 1.11 bits per heavy atom. The molecule has 0 unspecified atom stereocenters. The van der Waals surface area contributed by atoms with Gasteiger partial charge in [-0.15, -0.1) is 0 Å². The van der Waals surface area contributed by atoms with Crippen LogP contribution in [0, 0.1) is 0 Å². The highest BCUT2D eigenvalue weighted by atomic mass is 79.9. The van der Waals surface area contributed by atoms with E-state index in [2.05, 4.69) is 26.6 Å². The summed E-state index contributed by atoms with van der Waals surface area (Å²) in [7, 11) is 0. The first-order valence-corrected chi connectivity index (χ1v) is 7.34. The summed E-state index contributed by atoms with van der Waals surface area (Å²) in [6.45, 7) is 0. The molecular weight excluding hydrogens is 292 g/mol. The van der Waals surface area contributed by atoms with Gasteiger partial charge in [-0.05, 0) is 31.0 Å². The number of carbonyl (C=O) groups excluding carboxylic acids is 1. The van der Waals surface area contributed by atoms with Crippen LogP contribution in [0.25, 0.3) is 0 Å². The van der Waals surface area contributed by atoms with Gasteiger partial charge >= 0.3 is 0 Å². The molecule has 1 saturated carbocycles. The monoisotopic (exact) mass is 308 g/mol. The molecule has 0 bridgehead atoms. The molecule has 1 aliphatic carbocycles. The molecule has 2 N–H and O–H groups in total. The number of amides is 1. The van der Waals surface area contributed by atoms with Crippen molar-refractivity contribution in [3.05, 3.63) is 22.7 Å². The second-order valence-corrected chi connectivity index (χ2v) is 6.30. The molecule has 1 heterocycles. The van der Waals surface area contributed by atoms with Crippen molar-refractivity contribution in [2.75, 3.05) is 10.6 Å². The molecule has 0 aromatic heterocycles. The highest BCUT2D eigenvalue weighted by molar-refractivity contribution is 9.10. The van der Waals surface area contributed by atoms with Gasteiger partial charge in [-0.1, -0.05) is 35.2 Å². The zero-order valence-electron chi connectivity index (χ0n) is 10.3. The minimum atomic E-state index is -0.0264. The molecule has 0 radical (unpaired) electrons. The Morgan fingerprint density at radius 3 is 2.67 bits per heavy atom. The van der Waals surface area contributed by atoms with Gasteiger partial charge in [0.05, 0.1) is 11.4 Å². The fourth-order valence-electron chi connectivity index (χ4n) is 3.09. The van der Waals surface area contributed by atoms with Crippen LogP contribution >= 0.6 is 15.9 Å². The van der Waals surface area contributed by atoms with Gasteiger partial charge in [0.25, 0.3) is 0 Å². The Hall–Kier alpha value is -1.03. The lowest BCUT2D eigenvalue weighted by molar-refractivity contribution is -0.117. The van der Waals surface area contributed by atoms with Gasteiger partial charge in [-0.2, -0.15) is 0 Å². The number of halogens is 1. The molecule has 1 spiro atoms. The second kappa shape index (κ2) is 4.57. The molecule has 0 saturated heterocycles. The standard InChI is InChI=1S/C14H17BrN2O/c15-10-4-5-11-12(8-10)16-13(18)9-14(17-11)6-2-1-3-7-14/h4-5,8,17H,1-3,6-7,9H2,(H,16,18). The number of hydrogen-bond donors (Lipinski definition) is 2. The van der Waals surface area contributed by atoms with E-state index in [-0.39, 0.29) is 11.4 Å². The average Bonchev–Trinajstić information content (AvgIpc) is 2.45. The molecule has 0 atom stereocenters. The van der Waals surface area contributed by atoms with Gasteiger partial charge in [-0.3, -0.25) is 4.79 Å². The first-order chi connectivity index (χ1) is 8.67. The van der Waals surface area contributed by atoms with Crippen molar-refractivity contribution in [1.29, 1.82) is 0 Å². The highest BCUT2D eigenvalue weighted by Crippen LogP contribution is 2.39. The van der Waals surface area contributed by atoms with Crippen molar-refractivity contribution in [2.45, 2.75) is 44.1 Å². The molecule has 4 heteroatoms. The van der Waals surface area contributed by atoms with E-state index in [0.29, 0.717) is 6.42 Å². The summed E-state index contributed by atoms with van der Waals surface area (Å²) in [5.41, 5.74) is 1.91. The van der Waals surface area contributed by atoms with Crippen molar-refractivity contribution in [3.8, 4) is 0 Å². The van der Waals surface area contributed by atoms with Crippen LogP contribution in [0.2, 0.25) is 0 Å². The first-order valence-electron chi connectivity index (χ1n) is 6.55. The molecule has 1 aliphatic heterocycles. The maximum atomic E-state index is 12.1. The predicted octanol–water partition coefficient (Wildman–Crippen LogP) is 3.91. The first kappa shape index (κ1) is 12.0. The van der Waals surface area contributed by atoms with E-state index in [1.807, 2.05) is 18.2 Å². The Balaban J connectivity index is 1.97. The summed E-state index contributed by atoms with van der Waals surface area (Å²) in [5.74, 6) is 0.126. The zero-order chi connectivity index (χ0) is 12.6. The summed E-state index contributed by atoms with van der Waals surface area (Å²) in [4.78, 5) is 12.1. The Kier molecular flexibility index (Phi) is 3.06. The van der Waals surface area contributed by atoms with E-state index in [1.165, 1.54) is 19.3 Å². The average molecular weight is 309 g/mol. The maximum Gasteiger partial charge on any atom is 0.226 e. The van der Waals surface area contributed by atoms with Crippen LogP contribution in [0.3, 0.4) is 0 Å². The molecule has 18 heavy (non-hydrogen) atoms. The number of carbonyl (C=O) groups is 1. The fourth-order valence-corrected chi connectivity index (χ4v) is 3.45. The van der Waals surface area contributed by atoms with Gasteiger partial charge in [-0.25, -0.2) is 0 Å². The third-order valence-electron chi connectivity index (χ3n) is 3.97. The van der Waals surface area contributed by atoms with E-state index in [4.69, 9.17) is 0 Å². The fraction of sp³-hybridized carbons (Fsp3) is 0.500.